The smallest absolute Gasteiger partial charge is 0.322 e. The second-order valence-electron chi connectivity index (χ2n) is 2.39. The van der Waals surface area contributed by atoms with Gasteiger partial charge in [-0.15, -0.1) is 0 Å². The van der Waals surface area contributed by atoms with Crippen molar-refractivity contribution in [1.82, 2.24) is 5.32 Å². The lowest BCUT2D eigenvalue weighted by molar-refractivity contribution is -0.137. The molecule has 90 valence electrons. The third-order valence-corrected chi connectivity index (χ3v) is 1.04. The van der Waals surface area contributed by atoms with Crippen LogP contribution in [0.5, 0.6) is 0 Å². The van der Waals surface area contributed by atoms with E-state index in [1.807, 2.05) is 0 Å². The Morgan fingerprint density at radius 3 is 1.93 bits per heavy atom. The van der Waals surface area contributed by atoms with Gasteiger partial charge in [0, 0.05) is 0 Å². The van der Waals surface area contributed by atoms with Gasteiger partial charge >= 0.3 is 5.97 Å². The Morgan fingerprint density at radius 1 is 1.27 bits per heavy atom. The number of carbonyl (C=O) groups is 2. The lowest BCUT2D eigenvalue weighted by Gasteiger charge is -1.96. The number of carboxylic acids is 1. The first-order valence-electron chi connectivity index (χ1n) is 4.06. The Labute approximate surface area is 86.3 Å². The maximum absolute atomic E-state index is 10.2. The highest BCUT2D eigenvalue weighted by Crippen LogP contribution is 1.71. The van der Waals surface area contributed by atoms with Crippen LogP contribution >= 0.6 is 0 Å². The van der Waals surface area contributed by atoms with Crippen LogP contribution in [0.3, 0.4) is 0 Å². The topological polar surface area (TPSA) is 153 Å². The maximum Gasteiger partial charge on any atom is 0.322 e. The number of amides is 1. The quantitative estimate of drug-likeness (QED) is 0.283. The summed E-state index contributed by atoms with van der Waals surface area (Å²) in [6, 6.07) is 0. The predicted molar refractivity (Wildman–Crippen MR) is 49.9 cm³/mol. The molecule has 0 aromatic carbocycles. The molecule has 0 spiro atoms. The fraction of sp³-hybridized carbons (Fsp3) is 0.714. The molecule has 0 aliphatic heterocycles. The molecule has 0 heterocycles. The first-order valence-corrected chi connectivity index (χ1v) is 4.06. The average Bonchev–Trinajstić information content (AvgIpc) is 2.25. The lowest BCUT2D eigenvalue weighted by Crippen LogP contribution is -2.34. The third kappa shape index (κ3) is 15.5. The molecule has 15 heavy (non-hydrogen) atoms. The SMILES string of the molecule is NCC(=O)NCC(=O)O.OCC(O)CO. The van der Waals surface area contributed by atoms with E-state index in [4.69, 9.17) is 26.2 Å². The molecule has 0 aromatic rings. The summed E-state index contributed by atoms with van der Waals surface area (Å²) >= 11 is 0. The van der Waals surface area contributed by atoms with Crippen LogP contribution in [0.15, 0.2) is 0 Å². The molecule has 1 amide bonds. The minimum Gasteiger partial charge on any atom is -0.480 e. The number of nitrogens with two attached hydrogens (primary N) is 1. The highest BCUT2D eigenvalue weighted by molar-refractivity contribution is 5.82. The van der Waals surface area contributed by atoms with Crippen LogP contribution in [0.2, 0.25) is 0 Å². The Kier molecular flexibility index (Phi) is 11.7. The summed E-state index contributed by atoms with van der Waals surface area (Å²) in [5, 5.41) is 34.1. The molecule has 0 rings (SSSR count). The normalized spacial score (nSPS) is 9.13. The summed E-state index contributed by atoms with van der Waals surface area (Å²) in [5.74, 6) is -1.53. The first kappa shape index (κ1) is 16.2. The molecular formula is C7H16N2O6. The molecule has 0 saturated carbocycles. The fourth-order valence-electron chi connectivity index (χ4n) is 0.304. The third-order valence-electron chi connectivity index (χ3n) is 1.04. The van der Waals surface area contributed by atoms with E-state index in [1.165, 1.54) is 0 Å². The Bertz CT molecular complexity index is 182. The van der Waals surface area contributed by atoms with Gasteiger partial charge < -0.3 is 31.5 Å². The van der Waals surface area contributed by atoms with E-state index in [0.717, 1.165) is 0 Å². The van der Waals surface area contributed by atoms with Gasteiger partial charge in [0.15, 0.2) is 0 Å². The van der Waals surface area contributed by atoms with E-state index in [2.05, 4.69) is 5.32 Å². The molecule has 7 N–H and O–H groups in total. The second-order valence-corrected chi connectivity index (χ2v) is 2.39. The summed E-state index contributed by atoms with van der Waals surface area (Å²) in [6.45, 7) is -1.27. The number of hydrogen-bond acceptors (Lipinski definition) is 6. The predicted octanol–water partition coefficient (Wildman–Crippen LogP) is -3.52. The number of carboxylic acid groups (broad SMARTS) is 1. The zero-order chi connectivity index (χ0) is 12.3. The molecule has 0 bridgehead atoms. The van der Waals surface area contributed by atoms with Gasteiger partial charge in [-0.05, 0) is 0 Å². The van der Waals surface area contributed by atoms with Crippen LogP contribution in [-0.2, 0) is 9.59 Å². The van der Waals surface area contributed by atoms with Gasteiger partial charge in [0.25, 0.3) is 0 Å². The second kappa shape index (κ2) is 10.9. The largest absolute Gasteiger partial charge is 0.480 e. The highest BCUT2D eigenvalue weighted by atomic mass is 16.4. The van der Waals surface area contributed by atoms with Crippen molar-refractivity contribution < 1.29 is 30.0 Å². The number of rotatable bonds is 5. The molecule has 0 saturated heterocycles. The lowest BCUT2D eigenvalue weighted by atomic mass is 10.4. The van der Waals surface area contributed by atoms with Crippen molar-refractivity contribution in [3.8, 4) is 0 Å². The molecule has 0 radical (unpaired) electrons. The van der Waals surface area contributed by atoms with Gasteiger partial charge in [0.2, 0.25) is 5.91 Å². The van der Waals surface area contributed by atoms with Gasteiger partial charge in [-0.2, -0.15) is 0 Å². The van der Waals surface area contributed by atoms with Crippen LogP contribution in [0.1, 0.15) is 0 Å². The number of aliphatic carboxylic acids is 1. The van der Waals surface area contributed by atoms with Crippen LogP contribution in [0, 0.1) is 0 Å². The van der Waals surface area contributed by atoms with E-state index >= 15 is 0 Å². The van der Waals surface area contributed by atoms with E-state index in [-0.39, 0.29) is 26.3 Å². The standard InChI is InChI=1S/C4H8N2O3.C3H8O3/c5-1-3(7)6-2-4(8)9;4-1-3(6)2-5/h1-2,5H2,(H,6,7)(H,8,9);3-6H,1-2H2. The summed E-state index contributed by atoms with van der Waals surface area (Å²) in [4.78, 5) is 20.0. The highest BCUT2D eigenvalue weighted by Gasteiger charge is 1.98. The van der Waals surface area contributed by atoms with Crippen LogP contribution in [0.4, 0.5) is 0 Å². The minimum atomic E-state index is -1.07. The molecular weight excluding hydrogens is 208 g/mol. The molecule has 0 atom stereocenters. The van der Waals surface area contributed by atoms with E-state index in [9.17, 15) is 9.59 Å². The van der Waals surface area contributed by atoms with E-state index in [1.54, 1.807) is 0 Å². The van der Waals surface area contributed by atoms with Crippen molar-refractivity contribution in [2.24, 2.45) is 5.73 Å². The maximum atomic E-state index is 10.2. The molecule has 0 aliphatic rings. The number of hydrogen-bond donors (Lipinski definition) is 6. The molecule has 8 heteroatoms. The van der Waals surface area contributed by atoms with Gasteiger partial charge in [-0.1, -0.05) is 0 Å². The summed E-state index contributed by atoms with van der Waals surface area (Å²) in [5.41, 5.74) is 4.85. The van der Waals surface area contributed by atoms with Crippen LogP contribution in [-0.4, -0.2) is 64.7 Å². The summed E-state index contributed by atoms with van der Waals surface area (Å²) < 4.78 is 0. The van der Waals surface area contributed by atoms with Crippen molar-refractivity contribution in [3.63, 3.8) is 0 Å². The van der Waals surface area contributed by atoms with Crippen molar-refractivity contribution in [2.45, 2.75) is 6.10 Å². The van der Waals surface area contributed by atoms with Crippen LogP contribution < -0.4 is 11.1 Å². The number of nitrogens with one attached hydrogen (secondary N) is 1. The number of aliphatic hydroxyl groups is 3. The fourth-order valence-corrected chi connectivity index (χ4v) is 0.304. The monoisotopic (exact) mass is 224 g/mol. The molecule has 0 aliphatic carbocycles. The molecule has 0 unspecified atom stereocenters. The van der Waals surface area contributed by atoms with Crippen molar-refractivity contribution in [2.75, 3.05) is 26.3 Å². The van der Waals surface area contributed by atoms with Gasteiger partial charge in [-0.25, -0.2) is 0 Å². The first-order chi connectivity index (χ1) is 6.97. The van der Waals surface area contributed by atoms with Gasteiger partial charge in [0.1, 0.15) is 12.6 Å². The van der Waals surface area contributed by atoms with Gasteiger partial charge in [0.05, 0.1) is 19.8 Å². The van der Waals surface area contributed by atoms with Gasteiger partial charge in [-0.3, -0.25) is 9.59 Å². The molecule has 0 fully saturated rings. The Morgan fingerprint density at radius 2 is 1.73 bits per heavy atom. The summed E-state index contributed by atoms with van der Waals surface area (Å²) in [6.07, 6.45) is -0.954. The Hall–Kier alpha value is -1.22. The Balaban J connectivity index is 0. The molecule has 8 nitrogen and oxygen atoms in total. The average molecular weight is 224 g/mol. The zero-order valence-corrected chi connectivity index (χ0v) is 8.09. The number of carbonyl (C=O) groups excluding carboxylic acids is 1. The van der Waals surface area contributed by atoms with Crippen molar-refractivity contribution >= 4 is 11.9 Å². The molecule has 0 aromatic heterocycles. The van der Waals surface area contributed by atoms with Crippen molar-refractivity contribution in [3.05, 3.63) is 0 Å². The van der Waals surface area contributed by atoms with Crippen molar-refractivity contribution in [1.29, 1.82) is 0 Å². The minimum absolute atomic E-state index is 0.173. The summed E-state index contributed by atoms with van der Waals surface area (Å²) in [7, 11) is 0. The zero-order valence-electron chi connectivity index (χ0n) is 8.09. The van der Waals surface area contributed by atoms with E-state index < -0.39 is 18.0 Å². The van der Waals surface area contributed by atoms with Crippen LogP contribution in [0.25, 0.3) is 0 Å². The number of aliphatic hydroxyl groups excluding tert-OH is 3. The van der Waals surface area contributed by atoms with E-state index in [0.29, 0.717) is 0 Å².